The number of para-hydroxylation sites is 1. The number of nitrogens with zero attached hydrogens (tertiary/aromatic N) is 1. The quantitative estimate of drug-likeness (QED) is 0.766. The summed E-state index contributed by atoms with van der Waals surface area (Å²) in [5.74, 6) is 0.430. The molecule has 1 heterocycles. The lowest BCUT2D eigenvalue weighted by atomic mass is 9.93. The molecule has 1 unspecified atom stereocenters. The van der Waals surface area contributed by atoms with Gasteiger partial charge in [-0.25, -0.2) is 17.9 Å². The number of hydrogen-bond acceptors (Lipinski definition) is 4. The zero-order chi connectivity index (χ0) is 20.2. The topological polar surface area (TPSA) is 78.5 Å². The lowest BCUT2D eigenvalue weighted by Gasteiger charge is -2.31. The fraction of sp³-hybridized carbons (Fsp3) is 0.650. The summed E-state index contributed by atoms with van der Waals surface area (Å²) in [4.78, 5) is 14.7. The Morgan fingerprint density at radius 1 is 1.19 bits per heavy atom. The van der Waals surface area contributed by atoms with Crippen LogP contribution >= 0.6 is 0 Å². The molecule has 2 N–H and O–H groups in total. The second-order valence-electron chi connectivity index (χ2n) is 7.88. The van der Waals surface area contributed by atoms with Crippen molar-refractivity contribution in [3.8, 4) is 0 Å². The Kier molecular flexibility index (Phi) is 7.28. The van der Waals surface area contributed by atoms with Gasteiger partial charge in [0.25, 0.3) is 0 Å². The zero-order valence-corrected chi connectivity index (χ0v) is 17.9. The van der Waals surface area contributed by atoms with Gasteiger partial charge in [-0.15, -0.1) is 0 Å². The summed E-state index contributed by atoms with van der Waals surface area (Å²) >= 11 is 0. The number of amides is 2. The van der Waals surface area contributed by atoms with Gasteiger partial charge >= 0.3 is 6.03 Å². The number of sulfonamides is 1. The van der Waals surface area contributed by atoms with Crippen LogP contribution in [-0.2, 0) is 10.0 Å². The Hall–Kier alpha value is -1.60. The first-order valence-electron chi connectivity index (χ1n) is 9.83. The van der Waals surface area contributed by atoms with Crippen LogP contribution in [-0.4, -0.2) is 44.2 Å². The largest absolute Gasteiger partial charge is 0.332 e. The lowest BCUT2D eigenvalue weighted by molar-refractivity contribution is 0.240. The number of benzene rings is 1. The Morgan fingerprint density at radius 2 is 1.78 bits per heavy atom. The Morgan fingerprint density at radius 3 is 2.30 bits per heavy atom. The molecule has 2 rings (SSSR count). The molecule has 1 fully saturated rings. The third kappa shape index (κ3) is 5.45. The first-order chi connectivity index (χ1) is 12.7. The fourth-order valence-corrected chi connectivity index (χ4v) is 4.96. The smallest absolute Gasteiger partial charge is 0.307 e. The molecule has 2 amide bonds. The monoisotopic (exact) mass is 395 g/mol. The van der Waals surface area contributed by atoms with Crippen molar-refractivity contribution in [2.75, 3.05) is 25.0 Å². The SMILES string of the molecule is CCN1CCCC(S(=O)(=O)NC(=O)Nc2c(C(C)C)cccc2C(C)C)C1. The molecule has 152 valence electrons. The average Bonchev–Trinajstić information content (AvgIpc) is 2.61. The van der Waals surface area contributed by atoms with E-state index in [2.05, 4.69) is 42.6 Å². The summed E-state index contributed by atoms with van der Waals surface area (Å²) in [5, 5.41) is 2.27. The highest BCUT2D eigenvalue weighted by molar-refractivity contribution is 7.90. The van der Waals surface area contributed by atoms with Gasteiger partial charge in [0.15, 0.2) is 0 Å². The maximum atomic E-state index is 12.7. The molecule has 0 bridgehead atoms. The highest BCUT2D eigenvalue weighted by Crippen LogP contribution is 2.32. The van der Waals surface area contributed by atoms with Crippen LogP contribution in [0.15, 0.2) is 18.2 Å². The van der Waals surface area contributed by atoms with Crippen LogP contribution in [0.1, 0.15) is 70.4 Å². The van der Waals surface area contributed by atoms with Crippen LogP contribution in [0, 0.1) is 0 Å². The van der Waals surface area contributed by atoms with Crippen LogP contribution in [0.3, 0.4) is 0 Å². The second kappa shape index (κ2) is 9.06. The maximum absolute atomic E-state index is 12.7. The van der Waals surface area contributed by atoms with Gasteiger partial charge < -0.3 is 10.2 Å². The molecule has 27 heavy (non-hydrogen) atoms. The minimum atomic E-state index is -3.72. The van der Waals surface area contributed by atoms with Crippen molar-refractivity contribution in [2.45, 2.75) is 64.5 Å². The van der Waals surface area contributed by atoms with E-state index in [1.54, 1.807) is 0 Å². The van der Waals surface area contributed by atoms with Crippen molar-refractivity contribution in [2.24, 2.45) is 0 Å². The van der Waals surface area contributed by atoms with Crippen LogP contribution in [0.2, 0.25) is 0 Å². The number of hydrogen-bond donors (Lipinski definition) is 2. The Balaban J connectivity index is 2.18. The van der Waals surface area contributed by atoms with E-state index in [1.807, 2.05) is 25.1 Å². The first kappa shape index (κ1) is 21.7. The molecule has 7 heteroatoms. The number of rotatable bonds is 6. The summed E-state index contributed by atoms with van der Waals surface area (Å²) in [6, 6.07) is 5.24. The Labute approximate surface area is 163 Å². The van der Waals surface area contributed by atoms with Gasteiger partial charge in [0.2, 0.25) is 10.0 Å². The molecule has 1 aliphatic rings. The summed E-state index contributed by atoms with van der Waals surface area (Å²) in [6.45, 7) is 12.4. The van der Waals surface area contributed by atoms with Crippen molar-refractivity contribution in [1.29, 1.82) is 0 Å². The second-order valence-corrected chi connectivity index (χ2v) is 9.84. The van der Waals surface area contributed by atoms with Gasteiger partial charge in [0.1, 0.15) is 0 Å². The van der Waals surface area contributed by atoms with E-state index in [4.69, 9.17) is 0 Å². The van der Waals surface area contributed by atoms with Crippen LogP contribution in [0.4, 0.5) is 10.5 Å². The fourth-order valence-electron chi connectivity index (χ4n) is 3.60. The number of likely N-dealkylation sites (tertiary alicyclic amines) is 1. The standard InChI is InChI=1S/C20H33N3O3S/c1-6-23-12-8-9-16(13-23)27(25,26)22-20(24)21-19-17(14(2)3)10-7-11-18(19)15(4)5/h7,10-11,14-16H,6,8-9,12-13H2,1-5H3,(H2,21,22,24). The molecule has 0 aromatic heterocycles. The normalized spacial score (nSPS) is 18.7. The van der Waals surface area contributed by atoms with Crippen LogP contribution in [0.5, 0.6) is 0 Å². The predicted molar refractivity (Wildman–Crippen MR) is 111 cm³/mol. The van der Waals surface area contributed by atoms with Gasteiger partial charge in [-0.2, -0.15) is 0 Å². The number of urea groups is 1. The average molecular weight is 396 g/mol. The molecule has 1 aromatic rings. The minimum Gasteiger partial charge on any atom is -0.307 e. The summed E-state index contributed by atoms with van der Waals surface area (Å²) in [7, 11) is -3.72. The van der Waals surface area contributed by atoms with E-state index in [9.17, 15) is 13.2 Å². The van der Waals surface area contributed by atoms with Gasteiger partial charge in [-0.1, -0.05) is 52.8 Å². The van der Waals surface area contributed by atoms with Crippen molar-refractivity contribution in [3.05, 3.63) is 29.3 Å². The van der Waals surface area contributed by atoms with E-state index >= 15 is 0 Å². The molecule has 0 saturated carbocycles. The minimum absolute atomic E-state index is 0.215. The zero-order valence-electron chi connectivity index (χ0n) is 17.1. The van der Waals surface area contributed by atoms with Crippen molar-refractivity contribution >= 4 is 21.7 Å². The van der Waals surface area contributed by atoms with Gasteiger partial charge in [-0.3, -0.25) is 0 Å². The number of nitrogens with one attached hydrogen (secondary N) is 2. The third-order valence-electron chi connectivity index (χ3n) is 5.19. The highest BCUT2D eigenvalue weighted by atomic mass is 32.2. The molecular weight excluding hydrogens is 362 g/mol. The number of piperidine rings is 1. The number of anilines is 1. The molecular formula is C20H33N3O3S. The first-order valence-corrected chi connectivity index (χ1v) is 11.4. The van der Waals surface area contributed by atoms with Crippen LogP contribution < -0.4 is 10.0 Å². The molecule has 6 nitrogen and oxygen atoms in total. The third-order valence-corrected chi connectivity index (χ3v) is 6.93. The summed E-state index contributed by atoms with van der Waals surface area (Å²) in [6.07, 6.45) is 1.41. The molecule has 1 saturated heterocycles. The molecule has 0 radical (unpaired) electrons. The number of carbonyl (C=O) groups is 1. The predicted octanol–water partition coefficient (Wildman–Crippen LogP) is 3.87. The van der Waals surface area contributed by atoms with E-state index in [0.717, 1.165) is 30.6 Å². The molecule has 1 aliphatic heterocycles. The molecule has 0 spiro atoms. The molecule has 1 aromatic carbocycles. The van der Waals surface area contributed by atoms with Gasteiger partial charge in [0, 0.05) is 12.2 Å². The summed E-state index contributed by atoms with van der Waals surface area (Å²) in [5.41, 5.74) is 2.72. The Bertz CT molecular complexity index is 733. The van der Waals surface area contributed by atoms with Gasteiger partial charge in [-0.05, 0) is 48.9 Å². The number of carbonyl (C=O) groups excluding carboxylic acids is 1. The van der Waals surface area contributed by atoms with Crippen molar-refractivity contribution in [1.82, 2.24) is 9.62 Å². The van der Waals surface area contributed by atoms with Gasteiger partial charge in [0.05, 0.1) is 5.25 Å². The highest BCUT2D eigenvalue weighted by Gasteiger charge is 2.31. The summed E-state index contributed by atoms with van der Waals surface area (Å²) < 4.78 is 27.6. The lowest BCUT2D eigenvalue weighted by Crippen LogP contribution is -2.48. The van der Waals surface area contributed by atoms with E-state index in [-0.39, 0.29) is 11.8 Å². The van der Waals surface area contributed by atoms with Crippen LogP contribution in [0.25, 0.3) is 0 Å². The molecule has 0 aliphatic carbocycles. The maximum Gasteiger partial charge on any atom is 0.332 e. The van der Waals surface area contributed by atoms with E-state index in [1.165, 1.54) is 0 Å². The van der Waals surface area contributed by atoms with E-state index < -0.39 is 21.3 Å². The molecule has 1 atom stereocenters. The van der Waals surface area contributed by atoms with E-state index in [0.29, 0.717) is 18.7 Å². The van der Waals surface area contributed by atoms with Crippen molar-refractivity contribution < 1.29 is 13.2 Å². The van der Waals surface area contributed by atoms with Crippen molar-refractivity contribution in [3.63, 3.8) is 0 Å².